The molecule has 0 aliphatic carbocycles. The topological polar surface area (TPSA) is 49.3 Å². The number of nitrogens with one attached hydrogen (secondary N) is 1. The summed E-state index contributed by atoms with van der Waals surface area (Å²) in [6.45, 7) is 0.0417. The summed E-state index contributed by atoms with van der Waals surface area (Å²) in [7, 11) is 1.59. The van der Waals surface area contributed by atoms with Crippen LogP contribution in [0.3, 0.4) is 0 Å². The monoisotopic (exact) mass is 299 g/mol. The number of carboxylic acid groups (broad SMARTS) is 1. The Kier molecular flexibility index (Phi) is 9.40. The molecule has 0 fully saturated rings. The number of carboxylic acids is 1. The summed E-state index contributed by atoms with van der Waals surface area (Å²) in [5.41, 5.74) is 0. The Morgan fingerprint density at radius 3 is 2.29 bits per heavy atom. The number of carbonyl (C=O) groups is 1. The second-order valence-corrected chi connectivity index (χ2v) is 0.924. The van der Waals surface area contributed by atoms with E-state index >= 15 is 0 Å². The van der Waals surface area contributed by atoms with Gasteiger partial charge in [-0.1, -0.05) is 0 Å². The van der Waals surface area contributed by atoms with Crippen molar-refractivity contribution in [3.8, 4) is 0 Å². The van der Waals surface area contributed by atoms with E-state index in [4.69, 9.17) is 5.11 Å². The second kappa shape index (κ2) is 6.35. The number of aliphatic carboxylic acids is 1. The fourth-order valence-electron chi connectivity index (χ4n) is 0.151. The Bertz CT molecular complexity index is 56.9. The number of rotatable bonds is 2. The van der Waals surface area contributed by atoms with E-state index in [2.05, 4.69) is 5.32 Å². The zero-order valence-electron chi connectivity index (χ0n) is 4.27. The summed E-state index contributed by atoms with van der Waals surface area (Å²) < 4.78 is 0. The van der Waals surface area contributed by atoms with Crippen LogP contribution in [0.1, 0.15) is 0 Å². The maximum absolute atomic E-state index is 9.54. The van der Waals surface area contributed by atoms with Crippen molar-refractivity contribution in [2.45, 2.75) is 0 Å². The fraction of sp³-hybridized carbons (Fsp3) is 0.667. The van der Waals surface area contributed by atoms with Crippen LogP contribution >= 0.6 is 0 Å². The number of hydrogen-bond donors (Lipinski definition) is 2. The van der Waals surface area contributed by atoms with E-state index in [-0.39, 0.29) is 33.8 Å². The van der Waals surface area contributed by atoms with Crippen LogP contribution in [0.2, 0.25) is 0 Å². The average molecular weight is 298 g/mol. The van der Waals surface area contributed by atoms with Gasteiger partial charge >= 0.3 is 33.3 Å². The van der Waals surface area contributed by atoms with Crippen molar-refractivity contribution in [2.75, 3.05) is 13.6 Å². The zero-order chi connectivity index (χ0) is 4.99. The van der Waals surface area contributed by atoms with E-state index in [1.165, 1.54) is 0 Å². The first-order chi connectivity index (χ1) is 2.77. The van der Waals surface area contributed by atoms with Crippen LogP contribution in [0.4, 0.5) is 0 Å². The van der Waals surface area contributed by atoms with E-state index in [0.29, 0.717) is 0 Å². The van der Waals surface area contributed by atoms with Gasteiger partial charge in [-0.3, -0.25) is 4.79 Å². The van der Waals surface area contributed by atoms with E-state index in [0.717, 1.165) is 0 Å². The van der Waals surface area contributed by atoms with E-state index < -0.39 is 5.97 Å². The predicted molar refractivity (Wildman–Crippen MR) is 30.1 cm³/mol. The Morgan fingerprint density at radius 2 is 2.29 bits per heavy atom. The molecule has 0 amide bonds. The molecule has 2 radical (unpaired) electrons. The first-order valence-corrected chi connectivity index (χ1v) is 1.63. The SMILES string of the molecule is CNCC(=O)O.[PbH2]. The first kappa shape index (κ1) is 10.4. The first-order valence-electron chi connectivity index (χ1n) is 1.63. The summed E-state index contributed by atoms with van der Waals surface area (Å²) in [6.07, 6.45) is 0. The van der Waals surface area contributed by atoms with Crippen molar-refractivity contribution >= 4 is 33.3 Å². The Labute approximate surface area is 62.3 Å². The van der Waals surface area contributed by atoms with Crippen LogP contribution in [0.25, 0.3) is 0 Å². The van der Waals surface area contributed by atoms with Gasteiger partial charge in [-0.15, -0.1) is 0 Å². The van der Waals surface area contributed by atoms with Crippen molar-refractivity contribution in [1.82, 2.24) is 5.32 Å². The van der Waals surface area contributed by atoms with Crippen molar-refractivity contribution in [3.05, 3.63) is 0 Å². The Balaban J connectivity index is 0. The summed E-state index contributed by atoms with van der Waals surface area (Å²) in [4.78, 5) is 9.54. The molecule has 0 aromatic rings. The van der Waals surface area contributed by atoms with Gasteiger partial charge in [0.2, 0.25) is 0 Å². The molecule has 0 aromatic carbocycles. The molecule has 0 atom stereocenters. The molecule has 0 spiro atoms. The van der Waals surface area contributed by atoms with Crippen LogP contribution in [0.5, 0.6) is 0 Å². The number of hydrogen-bond acceptors (Lipinski definition) is 2. The van der Waals surface area contributed by atoms with Crippen LogP contribution in [-0.4, -0.2) is 52.0 Å². The molecular weight excluding hydrogens is 289 g/mol. The van der Waals surface area contributed by atoms with Gasteiger partial charge in [-0.25, -0.2) is 0 Å². The predicted octanol–water partition coefficient (Wildman–Crippen LogP) is -1.63. The zero-order valence-corrected chi connectivity index (χ0v) is 9.77. The van der Waals surface area contributed by atoms with Crippen molar-refractivity contribution in [1.29, 1.82) is 0 Å². The molecule has 0 aliphatic heterocycles. The molecule has 0 saturated heterocycles. The van der Waals surface area contributed by atoms with Crippen molar-refractivity contribution < 1.29 is 9.90 Å². The molecule has 0 saturated carbocycles. The standard InChI is InChI=1S/C3H7NO2.Pb.2H/c1-4-2-3(5)6;;;/h4H,2H2,1H3,(H,5,6);;;. The summed E-state index contributed by atoms with van der Waals surface area (Å²) in [5, 5.41) is 10.3. The molecule has 2 N–H and O–H groups in total. The van der Waals surface area contributed by atoms with E-state index in [9.17, 15) is 4.79 Å². The second-order valence-electron chi connectivity index (χ2n) is 0.924. The normalized spacial score (nSPS) is 7.00. The van der Waals surface area contributed by atoms with Gasteiger partial charge < -0.3 is 10.4 Å². The molecule has 3 nitrogen and oxygen atoms in total. The van der Waals surface area contributed by atoms with E-state index in [1.54, 1.807) is 7.05 Å². The van der Waals surface area contributed by atoms with Crippen molar-refractivity contribution in [2.24, 2.45) is 0 Å². The fourth-order valence-corrected chi connectivity index (χ4v) is 0.151. The molecular formula is C3H9NO2Pb. The average Bonchev–Trinajstić information content (AvgIpc) is 1.35. The minimum absolute atomic E-state index is 0. The van der Waals surface area contributed by atoms with Gasteiger partial charge in [0.15, 0.2) is 0 Å². The van der Waals surface area contributed by atoms with Crippen LogP contribution in [0, 0.1) is 0 Å². The molecule has 0 aromatic heterocycles. The molecule has 7 heavy (non-hydrogen) atoms. The van der Waals surface area contributed by atoms with Gasteiger partial charge in [0.05, 0.1) is 6.54 Å². The van der Waals surface area contributed by atoms with Gasteiger partial charge in [-0.05, 0) is 7.05 Å². The maximum atomic E-state index is 9.54. The molecule has 0 heterocycles. The Hall–Kier alpha value is 0.352. The quantitative estimate of drug-likeness (QED) is 0.602. The molecule has 42 valence electrons. The molecule has 0 aliphatic rings. The van der Waals surface area contributed by atoms with Gasteiger partial charge in [0.1, 0.15) is 0 Å². The van der Waals surface area contributed by atoms with Crippen LogP contribution < -0.4 is 5.32 Å². The molecule has 4 heteroatoms. The summed E-state index contributed by atoms with van der Waals surface area (Å²) in [6, 6.07) is 0. The third kappa shape index (κ3) is 10.7. The van der Waals surface area contributed by atoms with Gasteiger partial charge in [0.25, 0.3) is 0 Å². The summed E-state index contributed by atoms with van der Waals surface area (Å²) >= 11 is 0. The van der Waals surface area contributed by atoms with Crippen molar-refractivity contribution in [3.63, 3.8) is 0 Å². The van der Waals surface area contributed by atoms with Gasteiger partial charge in [0, 0.05) is 0 Å². The van der Waals surface area contributed by atoms with E-state index in [1.807, 2.05) is 0 Å². The van der Waals surface area contributed by atoms with Gasteiger partial charge in [-0.2, -0.15) is 0 Å². The minimum atomic E-state index is -0.822. The number of likely N-dealkylation sites (N-methyl/N-ethyl adjacent to an activating group) is 1. The molecule has 0 unspecified atom stereocenters. The molecule has 0 bridgehead atoms. The Morgan fingerprint density at radius 1 is 1.86 bits per heavy atom. The van der Waals surface area contributed by atoms with Crippen LogP contribution in [0.15, 0.2) is 0 Å². The molecule has 0 rings (SSSR count). The van der Waals surface area contributed by atoms with Crippen LogP contribution in [-0.2, 0) is 4.79 Å². The third-order valence-electron chi connectivity index (χ3n) is 0.328. The summed E-state index contributed by atoms with van der Waals surface area (Å²) in [5.74, 6) is -0.822. The third-order valence-corrected chi connectivity index (χ3v) is 0.328.